The minimum Gasteiger partial charge on any atom is -0.355 e. The fourth-order valence-corrected chi connectivity index (χ4v) is 2.75. The van der Waals surface area contributed by atoms with E-state index in [0.717, 1.165) is 42.9 Å². The van der Waals surface area contributed by atoms with Crippen LogP contribution in [0, 0.1) is 5.92 Å². The second kappa shape index (κ2) is 6.60. The first-order chi connectivity index (χ1) is 10.7. The third-order valence-electron chi connectivity index (χ3n) is 4.19. The lowest BCUT2D eigenvalue weighted by Gasteiger charge is -2.30. The number of aromatic nitrogens is 1. The van der Waals surface area contributed by atoms with Gasteiger partial charge >= 0.3 is 0 Å². The Morgan fingerprint density at radius 2 is 1.82 bits per heavy atom. The van der Waals surface area contributed by atoms with Crippen molar-refractivity contribution in [3.8, 4) is 0 Å². The molecule has 0 spiro atoms. The maximum Gasteiger partial charge on any atom is 0.255 e. The molecule has 4 heteroatoms. The number of carbonyl (C=O) groups is 1. The molecule has 1 aliphatic heterocycles. The first-order valence-corrected chi connectivity index (χ1v) is 7.79. The van der Waals surface area contributed by atoms with Gasteiger partial charge in [-0.25, -0.2) is 0 Å². The molecule has 1 fully saturated rings. The number of amides is 1. The second-order valence-electron chi connectivity index (χ2n) is 5.88. The summed E-state index contributed by atoms with van der Waals surface area (Å²) >= 11 is 0. The number of piperidine rings is 1. The fraction of sp³-hybridized carbons (Fsp3) is 0.333. The summed E-state index contributed by atoms with van der Waals surface area (Å²) in [5, 5.41) is 3.31. The van der Waals surface area contributed by atoms with Gasteiger partial charge in [-0.1, -0.05) is 19.1 Å². The quantitative estimate of drug-likeness (QED) is 0.939. The number of anilines is 2. The number of pyridine rings is 1. The summed E-state index contributed by atoms with van der Waals surface area (Å²) in [7, 11) is 0. The van der Waals surface area contributed by atoms with E-state index in [0.29, 0.717) is 5.92 Å². The first kappa shape index (κ1) is 14.6. The maximum absolute atomic E-state index is 12.8. The normalized spacial score (nSPS) is 15.6. The monoisotopic (exact) mass is 295 g/mol. The van der Waals surface area contributed by atoms with Crippen molar-refractivity contribution in [1.82, 2.24) is 9.88 Å². The number of para-hydroxylation sites is 1. The van der Waals surface area contributed by atoms with E-state index in [4.69, 9.17) is 0 Å². The zero-order chi connectivity index (χ0) is 15.4. The number of benzene rings is 1. The van der Waals surface area contributed by atoms with Crippen LogP contribution in [0.4, 0.5) is 11.4 Å². The molecule has 0 unspecified atom stereocenters. The van der Waals surface area contributed by atoms with Crippen LogP contribution in [0.25, 0.3) is 0 Å². The minimum atomic E-state index is 0.115. The molecule has 3 rings (SSSR count). The first-order valence-electron chi connectivity index (χ1n) is 7.79. The molecule has 0 atom stereocenters. The second-order valence-corrected chi connectivity index (χ2v) is 5.88. The molecule has 2 heterocycles. The summed E-state index contributed by atoms with van der Waals surface area (Å²) in [5.74, 6) is 0.832. The zero-order valence-electron chi connectivity index (χ0n) is 12.8. The number of hydrogen-bond acceptors (Lipinski definition) is 3. The minimum absolute atomic E-state index is 0.115. The Bertz CT molecular complexity index is 634. The van der Waals surface area contributed by atoms with Gasteiger partial charge in [-0.3, -0.25) is 9.78 Å². The number of likely N-dealkylation sites (tertiary alicyclic amines) is 1. The van der Waals surface area contributed by atoms with Gasteiger partial charge in [0.1, 0.15) is 0 Å². The van der Waals surface area contributed by atoms with E-state index in [1.807, 2.05) is 41.3 Å². The van der Waals surface area contributed by atoms with Crippen LogP contribution < -0.4 is 5.32 Å². The van der Waals surface area contributed by atoms with E-state index in [1.54, 1.807) is 12.4 Å². The summed E-state index contributed by atoms with van der Waals surface area (Å²) in [6.07, 6.45) is 5.65. The van der Waals surface area contributed by atoms with Crippen LogP contribution >= 0.6 is 0 Å². The van der Waals surface area contributed by atoms with Gasteiger partial charge in [-0.15, -0.1) is 0 Å². The van der Waals surface area contributed by atoms with Crippen LogP contribution in [0.2, 0.25) is 0 Å². The lowest BCUT2D eigenvalue weighted by Crippen LogP contribution is -2.38. The highest BCUT2D eigenvalue weighted by atomic mass is 16.2. The van der Waals surface area contributed by atoms with Gasteiger partial charge in [0, 0.05) is 31.2 Å². The average molecular weight is 295 g/mol. The number of carbonyl (C=O) groups excluding carboxylic acids is 1. The molecule has 1 amide bonds. The Morgan fingerprint density at radius 1 is 1.14 bits per heavy atom. The molecule has 1 aromatic heterocycles. The molecular formula is C18H21N3O. The highest BCUT2D eigenvalue weighted by Gasteiger charge is 2.23. The molecule has 1 saturated heterocycles. The number of nitrogens with zero attached hydrogens (tertiary/aromatic N) is 2. The van der Waals surface area contributed by atoms with Gasteiger partial charge in [-0.2, -0.15) is 0 Å². The molecule has 0 aliphatic carbocycles. The van der Waals surface area contributed by atoms with Crippen LogP contribution in [-0.2, 0) is 0 Å². The Morgan fingerprint density at radius 3 is 2.55 bits per heavy atom. The topological polar surface area (TPSA) is 45.2 Å². The molecular weight excluding hydrogens is 274 g/mol. The SMILES string of the molecule is CC1CCN(C(=O)c2ccccc2Nc2ccncc2)CC1. The number of nitrogens with one attached hydrogen (secondary N) is 1. The van der Waals surface area contributed by atoms with Crippen molar-refractivity contribution in [2.45, 2.75) is 19.8 Å². The summed E-state index contributed by atoms with van der Waals surface area (Å²) in [4.78, 5) is 18.8. The number of rotatable bonds is 3. The van der Waals surface area contributed by atoms with E-state index in [2.05, 4.69) is 17.2 Å². The van der Waals surface area contributed by atoms with Crippen molar-refractivity contribution < 1.29 is 4.79 Å². The standard InChI is InChI=1S/C18H21N3O/c1-14-8-12-21(13-9-14)18(22)16-4-2-3-5-17(16)20-15-6-10-19-11-7-15/h2-7,10-11,14H,8-9,12-13H2,1H3,(H,19,20). The molecule has 2 aromatic rings. The largest absolute Gasteiger partial charge is 0.355 e. The van der Waals surface area contributed by atoms with Gasteiger partial charge in [0.15, 0.2) is 0 Å². The molecule has 0 saturated carbocycles. The molecule has 1 N–H and O–H groups in total. The Balaban J connectivity index is 1.80. The Labute approximate surface area is 131 Å². The van der Waals surface area contributed by atoms with Gasteiger partial charge in [-0.05, 0) is 43.0 Å². The van der Waals surface area contributed by atoms with Crippen molar-refractivity contribution in [3.63, 3.8) is 0 Å². The van der Waals surface area contributed by atoms with E-state index in [1.165, 1.54) is 0 Å². The molecule has 22 heavy (non-hydrogen) atoms. The molecule has 0 radical (unpaired) electrons. The molecule has 0 bridgehead atoms. The Hall–Kier alpha value is -2.36. The van der Waals surface area contributed by atoms with Crippen LogP contribution in [0.5, 0.6) is 0 Å². The summed E-state index contributed by atoms with van der Waals surface area (Å²) in [6.45, 7) is 3.95. The average Bonchev–Trinajstić information content (AvgIpc) is 2.56. The third kappa shape index (κ3) is 3.27. The molecule has 4 nitrogen and oxygen atoms in total. The van der Waals surface area contributed by atoms with Gasteiger partial charge in [0.25, 0.3) is 5.91 Å². The Kier molecular flexibility index (Phi) is 4.37. The van der Waals surface area contributed by atoms with E-state index in [9.17, 15) is 4.79 Å². The van der Waals surface area contributed by atoms with E-state index < -0.39 is 0 Å². The van der Waals surface area contributed by atoms with Gasteiger partial charge in [0.2, 0.25) is 0 Å². The van der Waals surface area contributed by atoms with Gasteiger partial charge in [0.05, 0.1) is 11.3 Å². The highest BCUT2D eigenvalue weighted by Crippen LogP contribution is 2.24. The predicted octanol–water partition coefficient (Wildman–Crippen LogP) is 3.70. The smallest absolute Gasteiger partial charge is 0.255 e. The molecule has 114 valence electrons. The summed E-state index contributed by atoms with van der Waals surface area (Å²) in [5.41, 5.74) is 2.51. The van der Waals surface area contributed by atoms with Crippen molar-refractivity contribution >= 4 is 17.3 Å². The van der Waals surface area contributed by atoms with Crippen LogP contribution in [0.3, 0.4) is 0 Å². The third-order valence-corrected chi connectivity index (χ3v) is 4.19. The van der Waals surface area contributed by atoms with Gasteiger partial charge < -0.3 is 10.2 Å². The number of hydrogen-bond donors (Lipinski definition) is 1. The fourth-order valence-electron chi connectivity index (χ4n) is 2.75. The van der Waals surface area contributed by atoms with Crippen molar-refractivity contribution in [1.29, 1.82) is 0 Å². The van der Waals surface area contributed by atoms with E-state index in [-0.39, 0.29) is 5.91 Å². The van der Waals surface area contributed by atoms with Crippen LogP contribution in [-0.4, -0.2) is 28.9 Å². The van der Waals surface area contributed by atoms with Crippen LogP contribution in [0.1, 0.15) is 30.1 Å². The summed E-state index contributed by atoms with van der Waals surface area (Å²) in [6, 6.07) is 11.5. The predicted molar refractivity (Wildman–Crippen MR) is 88.3 cm³/mol. The van der Waals surface area contributed by atoms with Crippen molar-refractivity contribution in [2.24, 2.45) is 5.92 Å². The zero-order valence-corrected chi connectivity index (χ0v) is 12.8. The summed E-state index contributed by atoms with van der Waals surface area (Å²) < 4.78 is 0. The molecule has 1 aliphatic rings. The molecule has 1 aromatic carbocycles. The van der Waals surface area contributed by atoms with E-state index >= 15 is 0 Å². The van der Waals surface area contributed by atoms with Crippen LogP contribution in [0.15, 0.2) is 48.8 Å². The lowest BCUT2D eigenvalue weighted by atomic mass is 9.98. The van der Waals surface area contributed by atoms with Crippen molar-refractivity contribution in [3.05, 3.63) is 54.4 Å². The lowest BCUT2D eigenvalue weighted by molar-refractivity contribution is 0.0698. The van der Waals surface area contributed by atoms with Crippen molar-refractivity contribution in [2.75, 3.05) is 18.4 Å². The highest BCUT2D eigenvalue weighted by molar-refractivity contribution is 6.00. The maximum atomic E-state index is 12.8.